The molecule has 3 atom stereocenters. The van der Waals surface area contributed by atoms with Gasteiger partial charge in [0.25, 0.3) is 0 Å². The maximum atomic E-state index is 12.0. The number of rotatable bonds is 6. The number of hydrogen-bond acceptors (Lipinski definition) is 4. The van der Waals surface area contributed by atoms with Crippen LogP contribution in [0.3, 0.4) is 0 Å². The molecule has 4 heteroatoms. The first kappa shape index (κ1) is 16.2. The van der Waals surface area contributed by atoms with E-state index in [1.165, 1.54) is 0 Å². The molecule has 0 unspecified atom stereocenters. The molecule has 0 saturated carbocycles. The van der Waals surface area contributed by atoms with Crippen LogP contribution in [0.25, 0.3) is 0 Å². The third kappa shape index (κ3) is 4.60. The van der Waals surface area contributed by atoms with Gasteiger partial charge in [0, 0.05) is 5.41 Å². The Bertz CT molecular complexity index is 306. The molecule has 0 N–H and O–H groups in total. The van der Waals surface area contributed by atoms with Crippen LogP contribution in [0.5, 0.6) is 0 Å². The van der Waals surface area contributed by atoms with Crippen molar-refractivity contribution in [2.75, 3.05) is 0 Å². The molecule has 1 fully saturated rings. The maximum absolute atomic E-state index is 12.0. The van der Waals surface area contributed by atoms with Gasteiger partial charge in [-0.3, -0.25) is 4.79 Å². The summed E-state index contributed by atoms with van der Waals surface area (Å²) in [5.41, 5.74) is -0.315. The van der Waals surface area contributed by atoms with E-state index in [2.05, 4.69) is 6.92 Å². The number of unbranched alkanes of at least 4 members (excludes halogenated alkanes) is 3. The SMILES string of the molecule is CCCCCC[C@@H]1C(=O)O[C@@H](C(C)(C)C)O[C@H]1C=O. The Morgan fingerprint density at radius 1 is 1.21 bits per heavy atom. The van der Waals surface area contributed by atoms with Crippen LogP contribution in [0.1, 0.15) is 59.8 Å². The molecule has 110 valence electrons. The number of cyclic esters (lactones) is 1. The number of carbonyl (C=O) groups excluding carboxylic acids is 2. The Morgan fingerprint density at radius 2 is 1.89 bits per heavy atom. The minimum Gasteiger partial charge on any atom is -0.435 e. The van der Waals surface area contributed by atoms with E-state index in [1.54, 1.807) is 0 Å². The number of ether oxygens (including phenoxy) is 2. The zero-order valence-corrected chi connectivity index (χ0v) is 12.5. The number of aldehydes is 1. The highest BCUT2D eigenvalue weighted by molar-refractivity contribution is 5.78. The van der Waals surface area contributed by atoms with E-state index in [1.807, 2.05) is 20.8 Å². The van der Waals surface area contributed by atoms with Gasteiger partial charge in [0.2, 0.25) is 6.29 Å². The normalized spacial score (nSPS) is 28.0. The molecule has 1 rings (SSSR count). The summed E-state index contributed by atoms with van der Waals surface area (Å²) in [4.78, 5) is 23.2. The van der Waals surface area contributed by atoms with Crippen LogP contribution >= 0.6 is 0 Å². The fourth-order valence-corrected chi connectivity index (χ4v) is 2.17. The summed E-state index contributed by atoms with van der Waals surface area (Å²) in [5.74, 6) is -0.729. The summed E-state index contributed by atoms with van der Waals surface area (Å²) in [5, 5.41) is 0. The van der Waals surface area contributed by atoms with Crippen molar-refractivity contribution < 1.29 is 19.1 Å². The molecule has 0 spiro atoms. The van der Waals surface area contributed by atoms with Crippen molar-refractivity contribution in [3.05, 3.63) is 0 Å². The molecular formula is C15H26O4. The van der Waals surface area contributed by atoms with Crippen LogP contribution in [0.15, 0.2) is 0 Å². The number of carbonyl (C=O) groups is 2. The van der Waals surface area contributed by atoms with Crippen molar-refractivity contribution in [2.45, 2.75) is 72.2 Å². The average Bonchev–Trinajstić information content (AvgIpc) is 2.34. The summed E-state index contributed by atoms with van der Waals surface area (Å²) in [7, 11) is 0. The highest BCUT2D eigenvalue weighted by Crippen LogP contribution is 2.32. The lowest BCUT2D eigenvalue weighted by Gasteiger charge is -2.38. The van der Waals surface area contributed by atoms with Crippen LogP contribution in [-0.2, 0) is 19.1 Å². The van der Waals surface area contributed by atoms with Crippen molar-refractivity contribution in [3.63, 3.8) is 0 Å². The Balaban J connectivity index is 2.58. The minimum absolute atomic E-state index is 0.292. The lowest BCUT2D eigenvalue weighted by molar-refractivity contribution is -0.251. The van der Waals surface area contributed by atoms with Crippen LogP contribution in [0.4, 0.5) is 0 Å². The van der Waals surface area contributed by atoms with Crippen molar-refractivity contribution in [3.8, 4) is 0 Å². The Labute approximate surface area is 115 Å². The van der Waals surface area contributed by atoms with Gasteiger partial charge in [-0.25, -0.2) is 0 Å². The first-order valence-electron chi connectivity index (χ1n) is 7.21. The topological polar surface area (TPSA) is 52.6 Å². The van der Waals surface area contributed by atoms with Crippen LogP contribution in [-0.4, -0.2) is 24.6 Å². The van der Waals surface area contributed by atoms with Gasteiger partial charge in [0.15, 0.2) is 0 Å². The van der Waals surface area contributed by atoms with E-state index >= 15 is 0 Å². The predicted molar refractivity (Wildman–Crippen MR) is 72.5 cm³/mol. The van der Waals surface area contributed by atoms with E-state index in [4.69, 9.17) is 9.47 Å². The lowest BCUT2D eigenvalue weighted by Crippen LogP contribution is -2.49. The molecule has 19 heavy (non-hydrogen) atoms. The second kappa shape index (κ2) is 7.04. The van der Waals surface area contributed by atoms with Crippen molar-refractivity contribution in [1.29, 1.82) is 0 Å². The highest BCUT2D eigenvalue weighted by Gasteiger charge is 2.43. The molecule has 0 aromatic heterocycles. The summed E-state index contributed by atoms with van der Waals surface area (Å²) in [6, 6.07) is 0. The summed E-state index contributed by atoms with van der Waals surface area (Å²) < 4.78 is 11.0. The first-order valence-corrected chi connectivity index (χ1v) is 7.21. The summed E-state index contributed by atoms with van der Waals surface area (Å²) >= 11 is 0. The smallest absolute Gasteiger partial charge is 0.314 e. The molecule has 0 radical (unpaired) electrons. The summed E-state index contributed by atoms with van der Waals surface area (Å²) in [6.07, 6.45) is 4.42. The van der Waals surface area contributed by atoms with Gasteiger partial charge in [-0.15, -0.1) is 0 Å². The zero-order chi connectivity index (χ0) is 14.5. The van der Waals surface area contributed by atoms with Gasteiger partial charge in [0.1, 0.15) is 12.4 Å². The molecule has 0 aromatic carbocycles. The van der Waals surface area contributed by atoms with Gasteiger partial charge < -0.3 is 14.3 Å². The standard InChI is InChI=1S/C15H26O4/c1-5-6-7-8-9-11-12(10-16)18-14(15(2,3)4)19-13(11)17/h10-12,14H,5-9H2,1-4H3/t11-,12-,14-/m0/s1. The fourth-order valence-electron chi connectivity index (χ4n) is 2.17. The molecule has 1 aliphatic heterocycles. The van der Waals surface area contributed by atoms with Crippen molar-refractivity contribution in [2.24, 2.45) is 11.3 Å². The average molecular weight is 270 g/mol. The Morgan fingerprint density at radius 3 is 2.42 bits per heavy atom. The van der Waals surface area contributed by atoms with E-state index < -0.39 is 18.3 Å². The Hall–Kier alpha value is -0.900. The highest BCUT2D eigenvalue weighted by atomic mass is 16.7. The third-order valence-corrected chi connectivity index (χ3v) is 3.41. The van der Waals surface area contributed by atoms with Gasteiger partial charge in [-0.05, 0) is 6.42 Å². The molecule has 1 aliphatic rings. The van der Waals surface area contributed by atoms with Crippen molar-refractivity contribution >= 4 is 12.3 Å². The maximum Gasteiger partial charge on any atom is 0.314 e. The van der Waals surface area contributed by atoms with Gasteiger partial charge in [0.05, 0.1) is 5.92 Å². The quantitative estimate of drug-likeness (QED) is 0.423. The molecule has 1 heterocycles. The van der Waals surface area contributed by atoms with Gasteiger partial charge in [-0.1, -0.05) is 53.4 Å². The van der Waals surface area contributed by atoms with Crippen LogP contribution in [0, 0.1) is 11.3 Å². The monoisotopic (exact) mass is 270 g/mol. The molecule has 4 nitrogen and oxygen atoms in total. The lowest BCUT2D eigenvalue weighted by atomic mass is 9.91. The van der Waals surface area contributed by atoms with Gasteiger partial charge in [-0.2, -0.15) is 0 Å². The van der Waals surface area contributed by atoms with Crippen molar-refractivity contribution in [1.82, 2.24) is 0 Å². The molecule has 0 amide bonds. The summed E-state index contributed by atoms with van der Waals surface area (Å²) in [6.45, 7) is 7.91. The van der Waals surface area contributed by atoms with E-state index in [0.717, 1.165) is 32.0 Å². The largest absolute Gasteiger partial charge is 0.435 e. The number of esters is 1. The Kier molecular flexibility index (Phi) is 5.98. The molecule has 0 bridgehead atoms. The second-order valence-corrected chi connectivity index (χ2v) is 6.33. The first-order chi connectivity index (χ1) is 8.90. The fraction of sp³-hybridized carbons (Fsp3) is 0.867. The molecule has 0 aromatic rings. The molecular weight excluding hydrogens is 244 g/mol. The third-order valence-electron chi connectivity index (χ3n) is 3.41. The van der Waals surface area contributed by atoms with Crippen LogP contribution in [0.2, 0.25) is 0 Å². The van der Waals surface area contributed by atoms with E-state index in [9.17, 15) is 9.59 Å². The van der Waals surface area contributed by atoms with E-state index in [-0.39, 0.29) is 11.4 Å². The molecule has 1 saturated heterocycles. The second-order valence-electron chi connectivity index (χ2n) is 6.33. The van der Waals surface area contributed by atoms with E-state index in [0.29, 0.717) is 6.42 Å². The minimum atomic E-state index is -0.660. The molecule has 0 aliphatic carbocycles. The van der Waals surface area contributed by atoms with Crippen LogP contribution < -0.4 is 0 Å². The number of hydrogen-bond donors (Lipinski definition) is 0. The zero-order valence-electron chi connectivity index (χ0n) is 12.5. The van der Waals surface area contributed by atoms with Gasteiger partial charge >= 0.3 is 5.97 Å². The predicted octanol–water partition coefficient (Wildman–Crippen LogP) is 3.09.